The number of fused-ring (bicyclic) bond motifs is 1. The number of halogens is 3. The topological polar surface area (TPSA) is 92.3 Å². The lowest BCUT2D eigenvalue weighted by atomic mass is 9.86. The molecular formula is C27H31F3N4O4. The highest BCUT2D eigenvalue weighted by molar-refractivity contribution is 5.94. The van der Waals surface area contributed by atoms with Gasteiger partial charge in [-0.05, 0) is 86.6 Å². The number of nitrogens with one attached hydrogen (secondary N) is 2. The van der Waals surface area contributed by atoms with Crippen LogP contribution in [-0.2, 0) is 9.53 Å². The summed E-state index contributed by atoms with van der Waals surface area (Å²) in [6, 6.07) is 5.04. The summed E-state index contributed by atoms with van der Waals surface area (Å²) in [6.45, 7) is 2.55. The molecule has 0 radical (unpaired) electrons. The summed E-state index contributed by atoms with van der Waals surface area (Å²) in [4.78, 5) is 30.9. The maximum absolute atomic E-state index is 12.9. The third-order valence-corrected chi connectivity index (χ3v) is 7.58. The number of hydrogen-bond acceptors (Lipinski definition) is 7. The molecule has 4 aliphatic rings. The quantitative estimate of drug-likeness (QED) is 0.551. The number of alkyl halides is 3. The highest BCUT2D eigenvalue weighted by Crippen LogP contribution is 2.35. The maximum atomic E-state index is 12.9. The van der Waals surface area contributed by atoms with E-state index in [1.165, 1.54) is 24.6 Å². The summed E-state index contributed by atoms with van der Waals surface area (Å²) in [5.41, 5.74) is 2.50. The SMILES string of the molecule is CC(=O)O[C@H]1CC[C@@H](C2=NC3=C(C4CCN(C(=O)c5ccc(OC(F)(F)F)cc5)CC4)C=CNC3N2)CC1. The number of nitrogens with zero attached hydrogens (tertiary/aromatic N) is 2. The number of likely N-dealkylation sites (tertiary alicyclic amines) is 1. The number of piperidine rings is 1. The molecule has 0 bridgehead atoms. The average molecular weight is 533 g/mol. The van der Waals surface area contributed by atoms with Crippen LogP contribution in [0.15, 0.2) is 52.8 Å². The third kappa shape index (κ3) is 5.97. The lowest BCUT2D eigenvalue weighted by Crippen LogP contribution is -2.44. The standard InChI is InChI=1S/C27H31F3N4O4/c1-16(35)37-20-6-2-18(3-7-20)24-32-23-22(10-13-31-25(23)33-24)17-11-14-34(15-12-17)26(36)19-4-8-21(9-5-19)38-27(28,29)30/h4-5,8-10,13,17-18,20,25,31H,2-3,6-7,11-12,14-15H2,1H3,(H,32,33)/t18-,20+,25?. The fourth-order valence-corrected chi connectivity index (χ4v) is 5.73. The monoisotopic (exact) mass is 532 g/mol. The van der Waals surface area contributed by atoms with Crippen LogP contribution < -0.4 is 15.4 Å². The van der Waals surface area contributed by atoms with E-state index in [0.717, 1.165) is 62.2 Å². The number of amides is 1. The van der Waals surface area contributed by atoms with E-state index in [1.807, 2.05) is 6.20 Å². The van der Waals surface area contributed by atoms with E-state index in [4.69, 9.17) is 9.73 Å². The Morgan fingerprint density at radius 3 is 2.32 bits per heavy atom. The van der Waals surface area contributed by atoms with E-state index >= 15 is 0 Å². The summed E-state index contributed by atoms with van der Waals surface area (Å²) in [5.74, 6) is 0.742. The Kier molecular flexibility index (Phi) is 7.36. The van der Waals surface area contributed by atoms with Crippen LogP contribution in [-0.4, -0.2) is 54.3 Å². The Hall–Kier alpha value is -3.50. The molecule has 204 valence electrons. The summed E-state index contributed by atoms with van der Waals surface area (Å²) in [6.07, 6.45) is 4.19. The van der Waals surface area contributed by atoms with Gasteiger partial charge in [0.2, 0.25) is 0 Å². The molecule has 1 saturated heterocycles. The molecule has 1 aliphatic carbocycles. The number of aliphatic imine (C=N–C) groups is 1. The molecule has 2 N–H and O–H groups in total. The predicted molar refractivity (Wildman–Crippen MR) is 133 cm³/mol. The molecular weight excluding hydrogens is 501 g/mol. The van der Waals surface area contributed by atoms with Crippen LogP contribution in [0.25, 0.3) is 0 Å². The first kappa shape index (κ1) is 26.1. The Balaban J connectivity index is 1.20. The summed E-state index contributed by atoms with van der Waals surface area (Å²) in [5, 5.41) is 6.87. The molecule has 1 unspecified atom stereocenters. The van der Waals surface area contributed by atoms with Gasteiger partial charge < -0.3 is 25.0 Å². The largest absolute Gasteiger partial charge is 0.573 e. The first-order chi connectivity index (χ1) is 18.2. The van der Waals surface area contributed by atoms with Crippen LogP contribution in [0.3, 0.4) is 0 Å². The minimum Gasteiger partial charge on any atom is -0.463 e. The number of benzene rings is 1. The van der Waals surface area contributed by atoms with Gasteiger partial charge >= 0.3 is 12.3 Å². The van der Waals surface area contributed by atoms with Crippen molar-refractivity contribution in [3.63, 3.8) is 0 Å². The number of allylic oxidation sites excluding steroid dienone is 2. The number of rotatable bonds is 5. The molecule has 2 fully saturated rings. The number of hydrogen-bond donors (Lipinski definition) is 2. The fraction of sp³-hybridized carbons (Fsp3) is 0.519. The lowest BCUT2D eigenvalue weighted by molar-refractivity contribution is -0.274. The van der Waals surface area contributed by atoms with Gasteiger partial charge in [0.1, 0.15) is 23.9 Å². The Labute approximate surface area is 218 Å². The number of ether oxygens (including phenoxy) is 2. The van der Waals surface area contributed by atoms with E-state index in [1.54, 1.807) is 4.90 Å². The Morgan fingerprint density at radius 1 is 1.00 bits per heavy atom. The molecule has 11 heteroatoms. The highest BCUT2D eigenvalue weighted by Gasteiger charge is 2.36. The molecule has 1 amide bonds. The van der Waals surface area contributed by atoms with E-state index in [9.17, 15) is 22.8 Å². The number of carbonyl (C=O) groups is 2. The van der Waals surface area contributed by atoms with Gasteiger partial charge in [0, 0.05) is 31.5 Å². The second-order valence-electron chi connectivity index (χ2n) is 10.1. The van der Waals surface area contributed by atoms with Crippen molar-refractivity contribution in [3.05, 3.63) is 53.4 Å². The molecule has 3 heterocycles. The van der Waals surface area contributed by atoms with Crippen LogP contribution >= 0.6 is 0 Å². The van der Waals surface area contributed by atoms with Crippen molar-refractivity contribution in [2.45, 2.75) is 64.1 Å². The van der Waals surface area contributed by atoms with E-state index < -0.39 is 6.36 Å². The smallest absolute Gasteiger partial charge is 0.463 e. The molecule has 0 spiro atoms. The van der Waals surface area contributed by atoms with Gasteiger partial charge in [0.25, 0.3) is 5.91 Å². The molecule has 38 heavy (non-hydrogen) atoms. The molecule has 0 aromatic heterocycles. The summed E-state index contributed by atoms with van der Waals surface area (Å²) in [7, 11) is 0. The lowest BCUT2D eigenvalue weighted by Gasteiger charge is -2.34. The number of amidine groups is 1. The maximum Gasteiger partial charge on any atom is 0.573 e. The van der Waals surface area contributed by atoms with Crippen LogP contribution in [0.4, 0.5) is 13.2 Å². The normalized spacial score (nSPS) is 25.7. The van der Waals surface area contributed by atoms with Crippen LogP contribution in [0.2, 0.25) is 0 Å². The minimum atomic E-state index is -4.77. The molecule has 5 rings (SSSR count). The average Bonchev–Trinajstić information content (AvgIpc) is 3.33. The van der Waals surface area contributed by atoms with Crippen molar-refractivity contribution in [1.29, 1.82) is 0 Å². The first-order valence-electron chi connectivity index (χ1n) is 13.0. The van der Waals surface area contributed by atoms with Gasteiger partial charge in [-0.25, -0.2) is 4.99 Å². The van der Waals surface area contributed by atoms with Crippen molar-refractivity contribution >= 4 is 17.7 Å². The second kappa shape index (κ2) is 10.7. The first-order valence-corrected chi connectivity index (χ1v) is 13.0. The van der Waals surface area contributed by atoms with E-state index in [-0.39, 0.29) is 35.8 Å². The van der Waals surface area contributed by atoms with Crippen LogP contribution in [0, 0.1) is 11.8 Å². The van der Waals surface area contributed by atoms with Gasteiger partial charge in [0.15, 0.2) is 0 Å². The summed E-state index contributed by atoms with van der Waals surface area (Å²) >= 11 is 0. The minimum absolute atomic E-state index is 0.0124. The van der Waals surface area contributed by atoms with Gasteiger partial charge in [-0.2, -0.15) is 0 Å². The zero-order chi connectivity index (χ0) is 26.9. The Morgan fingerprint density at radius 2 is 1.68 bits per heavy atom. The Bertz CT molecular complexity index is 1150. The second-order valence-corrected chi connectivity index (χ2v) is 10.1. The van der Waals surface area contributed by atoms with Crippen molar-refractivity contribution < 1.29 is 32.2 Å². The van der Waals surface area contributed by atoms with Crippen molar-refractivity contribution in [3.8, 4) is 5.75 Å². The summed E-state index contributed by atoms with van der Waals surface area (Å²) < 4.78 is 46.4. The molecule has 3 aliphatic heterocycles. The van der Waals surface area contributed by atoms with E-state index in [0.29, 0.717) is 24.6 Å². The number of dihydropyridines is 1. The number of esters is 1. The molecule has 8 nitrogen and oxygen atoms in total. The zero-order valence-electron chi connectivity index (χ0n) is 21.1. The predicted octanol–water partition coefficient (Wildman–Crippen LogP) is 4.26. The van der Waals surface area contributed by atoms with Gasteiger partial charge in [0.05, 0.1) is 5.70 Å². The zero-order valence-corrected chi connectivity index (χ0v) is 21.1. The van der Waals surface area contributed by atoms with Gasteiger partial charge in [-0.1, -0.05) is 0 Å². The molecule has 1 aromatic carbocycles. The number of carbonyl (C=O) groups excluding carboxylic acids is 2. The molecule has 1 aromatic rings. The van der Waals surface area contributed by atoms with Crippen molar-refractivity contribution in [1.82, 2.24) is 15.5 Å². The highest BCUT2D eigenvalue weighted by atomic mass is 19.4. The molecule has 1 atom stereocenters. The van der Waals surface area contributed by atoms with Crippen molar-refractivity contribution in [2.75, 3.05) is 13.1 Å². The van der Waals surface area contributed by atoms with E-state index in [2.05, 4.69) is 21.4 Å². The van der Waals surface area contributed by atoms with Crippen molar-refractivity contribution in [2.24, 2.45) is 16.8 Å². The third-order valence-electron chi connectivity index (χ3n) is 7.58. The van der Waals surface area contributed by atoms with Crippen LogP contribution in [0.1, 0.15) is 55.8 Å². The van der Waals surface area contributed by atoms with Crippen LogP contribution in [0.5, 0.6) is 5.75 Å². The van der Waals surface area contributed by atoms with Gasteiger partial charge in [-0.3, -0.25) is 9.59 Å². The van der Waals surface area contributed by atoms with Gasteiger partial charge in [-0.15, -0.1) is 13.2 Å². The molecule has 1 saturated carbocycles. The fourth-order valence-electron chi connectivity index (χ4n) is 5.73.